The van der Waals surface area contributed by atoms with Crippen LogP contribution in [0.1, 0.15) is 43.5 Å². The number of rotatable bonds is 1. The lowest BCUT2D eigenvalue weighted by molar-refractivity contribution is 0.0506. The van der Waals surface area contributed by atoms with Gasteiger partial charge in [-0.05, 0) is 45.2 Å². The zero-order valence-electron chi connectivity index (χ0n) is 10.6. The van der Waals surface area contributed by atoms with E-state index in [-0.39, 0.29) is 28.6 Å². The van der Waals surface area contributed by atoms with Crippen molar-refractivity contribution in [3.63, 3.8) is 0 Å². The Labute approximate surface area is 112 Å². The summed E-state index contributed by atoms with van der Waals surface area (Å²) in [6.07, 6.45) is 3.03. The first-order chi connectivity index (χ1) is 8.52. The van der Waals surface area contributed by atoms with Crippen LogP contribution in [0.15, 0.2) is 18.2 Å². The molecule has 0 spiro atoms. The predicted octanol–water partition coefficient (Wildman–Crippen LogP) is 3.88. The molecular weight excluding hydrogens is 253 g/mol. The molecule has 1 fully saturated rings. The van der Waals surface area contributed by atoms with Crippen LogP contribution in [0.25, 0.3) is 0 Å². The van der Waals surface area contributed by atoms with E-state index in [4.69, 9.17) is 11.6 Å². The highest BCUT2D eigenvalue weighted by atomic mass is 35.5. The Kier molecular flexibility index (Phi) is 3.91. The summed E-state index contributed by atoms with van der Waals surface area (Å²) in [6, 6.07) is 4.61. The number of hydrogen-bond donors (Lipinski definition) is 0. The number of amides is 1. The van der Waals surface area contributed by atoms with Crippen LogP contribution in [0, 0.1) is 5.82 Å². The van der Waals surface area contributed by atoms with Crippen LogP contribution in [0.4, 0.5) is 4.39 Å². The molecule has 1 aromatic rings. The van der Waals surface area contributed by atoms with E-state index in [1.165, 1.54) is 12.1 Å². The van der Waals surface area contributed by atoms with Gasteiger partial charge in [0.2, 0.25) is 0 Å². The van der Waals surface area contributed by atoms with E-state index in [0.29, 0.717) is 0 Å². The number of benzene rings is 1. The van der Waals surface area contributed by atoms with Gasteiger partial charge in [0.25, 0.3) is 5.91 Å². The largest absolute Gasteiger partial charge is 0.333 e. The maximum atomic E-state index is 13.8. The van der Waals surface area contributed by atoms with E-state index in [1.807, 2.05) is 13.8 Å². The van der Waals surface area contributed by atoms with Gasteiger partial charge in [0.15, 0.2) is 0 Å². The van der Waals surface area contributed by atoms with Crippen LogP contribution >= 0.6 is 11.6 Å². The van der Waals surface area contributed by atoms with Crippen LogP contribution in [0.5, 0.6) is 0 Å². The molecule has 1 aromatic carbocycles. The van der Waals surface area contributed by atoms with Crippen molar-refractivity contribution in [2.75, 3.05) is 0 Å². The molecule has 0 N–H and O–H groups in total. The molecule has 1 aliphatic rings. The van der Waals surface area contributed by atoms with E-state index < -0.39 is 5.82 Å². The third-order valence-corrected chi connectivity index (χ3v) is 3.92. The number of nitrogens with zero attached hydrogens (tertiary/aromatic N) is 1. The summed E-state index contributed by atoms with van der Waals surface area (Å²) in [6.45, 7) is 4.00. The fourth-order valence-corrected chi connectivity index (χ4v) is 2.90. The van der Waals surface area contributed by atoms with Crippen molar-refractivity contribution >= 4 is 17.5 Å². The number of hydrogen-bond acceptors (Lipinski definition) is 1. The minimum atomic E-state index is -0.544. The molecule has 1 aliphatic heterocycles. The second-order valence-electron chi connectivity index (χ2n) is 4.94. The van der Waals surface area contributed by atoms with Crippen LogP contribution in [0.3, 0.4) is 0 Å². The molecule has 0 radical (unpaired) electrons. The van der Waals surface area contributed by atoms with Gasteiger partial charge in [-0.25, -0.2) is 4.39 Å². The van der Waals surface area contributed by atoms with Crippen LogP contribution < -0.4 is 0 Å². The van der Waals surface area contributed by atoms with Crippen LogP contribution in [-0.2, 0) is 0 Å². The van der Waals surface area contributed by atoms with E-state index >= 15 is 0 Å². The standard InChI is InChI=1S/C14H17ClFNO/c1-9-5-3-6-10(2)17(9)14(18)13-11(15)7-4-8-12(13)16/h4,7-10H,3,5-6H2,1-2H3. The summed E-state index contributed by atoms with van der Waals surface area (Å²) in [5.41, 5.74) is -0.000216. The number of carbonyl (C=O) groups excluding carboxylic acids is 1. The molecule has 2 rings (SSSR count). The van der Waals surface area contributed by atoms with Gasteiger partial charge in [-0.2, -0.15) is 0 Å². The topological polar surface area (TPSA) is 20.3 Å². The summed E-state index contributed by atoms with van der Waals surface area (Å²) in [4.78, 5) is 14.2. The van der Waals surface area contributed by atoms with Gasteiger partial charge in [0.05, 0.1) is 10.6 Å². The predicted molar refractivity (Wildman–Crippen MR) is 70.4 cm³/mol. The Balaban J connectivity index is 2.35. The Morgan fingerprint density at radius 3 is 2.50 bits per heavy atom. The first-order valence-corrected chi connectivity index (χ1v) is 6.67. The van der Waals surface area contributed by atoms with Crippen molar-refractivity contribution in [3.05, 3.63) is 34.6 Å². The van der Waals surface area contributed by atoms with Crippen LogP contribution in [-0.4, -0.2) is 22.9 Å². The fourth-order valence-electron chi connectivity index (χ4n) is 2.65. The van der Waals surface area contributed by atoms with Gasteiger partial charge in [-0.15, -0.1) is 0 Å². The quantitative estimate of drug-likeness (QED) is 0.758. The molecule has 0 aliphatic carbocycles. The van der Waals surface area contributed by atoms with Gasteiger partial charge >= 0.3 is 0 Å². The Bertz CT molecular complexity index is 433. The minimum Gasteiger partial charge on any atom is -0.333 e. The lowest BCUT2D eigenvalue weighted by Gasteiger charge is -2.39. The summed E-state index contributed by atoms with van der Waals surface area (Å²) in [5.74, 6) is -0.838. The molecule has 2 nitrogen and oxygen atoms in total. The zero-order valence-corrected chi connectivity index (χ0v) is 11.4. The maximum absolute atomic E-state index is 13.8. The second-order valence-corrected chi connectivity index (χ2v) is 5.35. The molecule has 1 heterocycles. The molecule has 2 atom stereocenters. The minimum absolute atomic E-state index is 0.000216. The summed E-state index contributed by atoms with van der Waals surface area (Å²) in [5, 5.41) is 0.185. The molecule has 2 unspecified atom stereocenters. The van der Waals surface area contributed by atoms with E-state index in [2.05, 4.69) is 0 Å². The zero-order chi connectivity index (χ0) is 13.3. The van der Waals surface area contributed by atoms with Crippen molar-refractivity contribution in [1.29, 1.82) is 0 Å². The summed E-state index contributed by atoms with van der Waals surface area (Å²) < 4.78 is 13.8. The Hall–Kier alpha value is -1.09. The normalized spacial score (nSPS) is 24.1. The van der Waals surface area contributed by atoms with Gasteiger partial charge in [0.1, 0.15) is 5.82 Å². The molecule has 0 saturated carbocycles. The average molecular weight is 270 g/mol. The molecule has 0 bridgehead atoms. The number of carbonyl (C=O) groups is 1. The molecule has 18 heavy (non-hydrogen) atoms. The Morgan fingerprint density at radius 2 is 1.94 bits per heavy atom. The lowest BCUT2D eigenvalue weighted by atomic mass is 9.96. The Morgan fingerprint density at radius 1 is 1.33 bits per heavy atom. The molecule has 1 saturated heterocycles. The third-order valence-electron chi connectivity index (χ3n) is 3.60. The van der Waals surface area contributed by atoms with Crippen molar-refractivity contribution in [1.82, 2.24) is 4.90 Å². The van der Waals surface area contributed by atoms with E-state index in [0.717, 1.165) is 19.3 Å². The highest BCUT2D eigenvalue weighted by Crippen LogP contribution is 2.28. The van der Waals surface area contributed by atoms with Gasteiger partial charge in [-0.1, -0.05) is 17.7 Å². The van der Waals surface area contributed by atoms with E-state index in [9.17, 15) is 9.18 Å². The van der Waals surface area contributed by atoms with Gasteiger partial charge in [0, 0.05) is 12.1 Å². The third kappa shape index (κ3) is 2.37. The van der Waals surface area contributed by atoms with Gasteiger partial charge < -0.3 is 4.90 Å². The average Bonchev–Trinajstić information content (AvgIpc) is 2.28. The fraction of sp³-hybridized carbons (Fsp3) is 0.500. The first-order valence-electron chi connectivity index (χ1n) is 6.29. The van der Waals surface area contributed by atoms with Crippen LogP contribution in [0.2, 0.25) is 5.02 Å². The summed E-state index contributed by atoms with van der Waals surface area (Å²) >= 11 is 5.95. The smallest absolute Gasteiger partial charge is 0.258 e. The maximum Gasteiger partial charge on any atom is 0.258 e. The van der Waals surface area contributed by atoms with Gasteiger partial charge in [-0.3, -0.25) is 4.79 Å². The molecule has 0 aromatic heterocycles. The second kappa shape index (κ2) is 5.27. The number of piperidine rings is 1. The summed E-state index contributed by atoms with van der Waals surface area (Å²) in [7, 11) is 0. The molecule has 4 heteroatoms. The highest BCUT2D eigenvalue weighted by molar-refractivity contribution is 6.33. The van der Waals surface area contributed by atoms with Crippen molar-refractivity contribution in [2.24, 2.45) is 0 Å². The monoisotopic (exact) mass is 269 g/mol. The molecular formula is C14H17ClFNO. The van der Waals surface area contributed by atoms with Crippen molar-refractivity contribution in [3.8, 4) is 0 Å². The van der Waals surface area contributed by atoms with Crippen molar-refractivity contribution in [2.45, 2.75) is 45.2 Å². The van der Waals surface area contributed by atoms with E-state index in [1.54, 1.807) is 11.0 Å². The number of halogens is 2. The molecule has 98 valence electrons. The first kappa shape index (κ1) is 13.3. The lowest BCUT2D eigenvalue weighted by Crippen LogP contribution is -2.47. The SMILES string of the molecule is CC1CCCC(C)N1C(=O)c1c(F)cccc1Cl. The van der Waals surface area contributed by atoms with Crippen molar-refractivity contribution < 1.29 is 9.18 Å². The molecule has 1 amide bonds. The number of likely N-dealkylation sites (tertiary alicyclic amines) is 1. The highest BCUT2D eigenvalue weighted by Gasteiger charge is 2.31.